The van der Waals surface area contributed by atoms with Crippen molar-refractivity contribution in [3.63, 3.8) is 0 Å². The van der Waals surface area contributed by atoms with Gasteiger partial charge in [-0.1, -0.05) is 83.1 Å². The summed E-state index contributed by atoms with van der Waals surface area (Å²) in [6, 6.07) is 0. The van der Waals surface area contributed by atoms with E-state index >= 15 is 0 Å². The van der Waals surface area contributed by atoms with E-state index in [-0.39, 0.29) is 0 Å². The van der Waals surface area contributed by atoms with Gasteiger partial charge in [-0.15, -0.1) is 0 Å². The van der Waals surface area contributed by atoms with Gasteiger partial charge in [0.1, 0.15) is 0 Å². The van der Waals surface area contributed by atoms with Crippen molar-refractivity contribution in [1.29, 1.82) is 0 Å². The third-order valence-electron chi connectivity index (χ3n) is 6.83. The van der Waals surface area contributed by atoms with E-state index < -0.39 is 0 Å². The first-order valence-electron chi connectivity index (χ1n) is 10.5. The van der Waals surface area contributed by atoms with Gasteiger partial charge in [0.25, 0.3) is 0 Å². The summed E-state index contributed by atoms with van der Waals surface area (Å²) in [6.45, 7) is 10.2. The molecule has 0 amide bonds. The largest absolute Gasteiger partial charge is 0.0988 e. The van der Waals surface area contributed by atoms with Gasteiger partial charge in [0.15, 0.2) is 0 Å². The molecule has 0 aliphatic heterocycles. The lowest BCUT2D eigenvalue weighted by Crippen LogP contribution is -2.26. The Hall–Kier alpha value is -0.520. The van der Waals surface area contributed by atoms with Crippen LogP contribution in [0.2, 0.25) is 0 Å². The van der Waals surface area contributed by atoms with Gasteiger partial charge in [0.2, 0.25) is 0 Å². The molecule has 2 aliphatic carbocycles. The summed E-state index contributed by atoms with van der Waals surface area (Å²) in [5.41, 5.74) is 1.23. The Morgan fingerprint density at radius 1 is 0.826 bits per heavy atom. The second-order valence-corrected chi connectivity index (χ2v) is 8.46. The van der Waals surface area contributed by atoms with E-state index in [0.29, 0.717) is 0 Å². The number of rotatable bonds is 9. The van der Waals surface area contributed by atoms with E-state index in [4.69, 9.17) is 0 Å². The maximum Gasteiger partial charge on any atom is -0.0282 e. The van der Waals surface area contributed by atoms with E-state index in [1.54, 1.807) is 12.8 Å². The third-order valence-corrected chi connectivity index (χ3v) is 6.83. The Morgan fingerprint density at radius 3 is 1.83 bits per heavy atom. The van der Waals surface area contributed by atoms with Gasteiger partial charge in [-0.05, 0) is 62.2 Å². The first kappa shape index (κ1) is 18.8. The first-order valence-corrected chi connectivity index (χ1v) is 10.5. The summed E-state index contributed by atoms with van der Waals surface area (Å²) in [5.74, 6) is 4.17. The highest BCUT2D eigenvalue weighted by Gasteiger charge is 2.30. The molecule has 0 spiro atoms. The molecule has 2 fully saturated rings. The number of hydrogen-bond acceptors (Lipinski definition) is 0. The highest BCUT2D eigenvalue weighted by Crippen LogP contribution is 2.43. The van der Waals surface area contributed by atoms with Crippen molar-refractivity contribution in [2.24, 2.45) is 23.7 Å². The number of hydrogen-bond donors (Lipinski definition) is 0. The molecule has 0 aromatic carbocycles. The Labute approximate surface area is 145 Å². The second kappa shape index (κ2) is 10.4. The summed E-state index contributed by atoms with van der Waals surface area (Å²) in [7, 11) is 0. The van der Waals surface area contributed by atoms with Crippen LogP contribution in [0.4, 0.5) is 0 Å². The fourth-order valence-corrected chi connectivity index (χ4v) is 5.07. The molecule has 2 aliphatic rings. The zero-order valence-corrected chi connectivity index (χ0v) is 15.7. The molecule has 0 unspecified atom stereocenters. The molecule has 0 saturated heterocycles. The van der Waals surface area contributed by atoms with Crippen molar-refractivity contribution in [3.8, 4) is 0 Å². The monoisotopic (exact) mass is 316 g/mol. The third kappa shape index (κ3) is 6.48. The van der Waals surface area contributed by atoms with Gasteiger partial charge in [-0.25, -0.2) is 0 Å². The molecule has 0 bridgehead atoms. The first-order chi connectivity index (χ1) is 11.2. The fraction of sp³-hybridized carbons (Fsp3) is 0.826. The van der Waals surface area contributed by atoms with Crippen LogP contribution in [0.3, 0.4) is 0 Å². The minimum Gasteiger partial charge on any atom is -0.0988 e. The standard InChI is InChI=1S/C23H40/c1-4-6-7-8-20-11-15-22(16-12-20)23-17-13-21(14-18-23)10-9-19(3)5-2/h5,20-23H,2-4,6-18H2,1H3. The van der Waals surface area contributed by atoms with Crippen LogP contribution in [0.25, 0.3) is 0 Å². The van der Waals surface area contributed by atoms with Gasteiger partial charge in [-0.3, -0.25) is 0 Å². The molecule has 0 N–H and O–H groups in total. The Bertz CT molecular complexity index is 337. The van der Waals surface area contributed by atoms with E-state index in [9.17, 15) is 0 Å². The SMILES string of the molecule is C=CC(=C)CCC1CCC(C2CCC(CCCCC)CC2)CC1. The van der Waals surface area contributed by atoms with Crippen molar-refractivity contribution < 1.29 is 0 Å². The van der Waals surface area contributed by atoms with Crippen molar-refractivity contribution in [1.82, 2.24) is 0 Å². The van der Waals surface area contributed by atoms with Crippen LogP contribution in [-0.4, -0.2) is 0 Å². The molecule has 23 heavy (non-hydrogen) atoms. The highest BCUT2D eigenvalue weighted by atomic mass is 14.4. The van der Waals surface area contributed by atoms with E-state index in [1.807, 2.05) is 6.08 Å². The summed E-state index contributed by atoms with van der Waals surface area (Å²) in [4.78, 5) is 0. The molecule has 0 nitrogen and oxygen atoms in total. The predicted molar refractivity (Wildman–Crippen MR) is 104 cm³/mol. The molecule has 0 aromatic heterocycles. The zero-order chi connectivity index (χ0) is 16.5. The van der Waals surface area contributed by atoms with Crippen molar-refractivity contribution in [2.75, 3.05) is 0 Å². The molecule has 2 rings (SSSR count). The lowest BCUT2D eigenvalue weighted by atomic mass is 9.68. The molecule has 2 saturated carbocycles. The maximum atomic E-state index is 4.06. The second-order valence-electron chi connectivity index (χ2n) is 8.46. The summed E-state index contributed by atoms with van der Waals surface area (Å²) >= 11 is 0. The average molecular weight is 317 g/mol. The van der Waals surface area contributed by atoms with Gasteiger partial charge >= 0.3 is 0 Å². The molecule has 0 atom stereocenters. The van der Waals surface area contributed by atoms with Gasteiger partial charge < -0.3 is 0 Å². The smallest absolute Gasteiger partial charge is 0.0282 e. The van der Waals surface area contributed by atoms with Crippen molar-refractivity contribution in [3.05, 3.63) is 24.8 Å². The van der Waals surface area contributed by atoms with E-state index in [0.717, 1.165) is 23.7 Å². The average Bonchev–Trinajstić information content (AvgIpc) is 2.61. The van der Waals surface area contributed by atoms with Crippen LogP contribution in [0.5, 0.6) is 0 Å². The quantitative estimate of drug-likeness (QED) is 0.302. The Morgan fingerprint density at radius 2 is 1.35 bits per heavy atom. The minimum absolute atomic E-state index is 0.966. The van der Waals surface area contributed by atoms with Crippen LogP contribution in [0.15, 0.2) is 24.8 Å². The van der Waals surface area contributed by atoms with Gasteiger partial charge in [-0.2, -0.15) is 0 Å². The van der Waals surface area contributed by atoms with E-state index in [2.05, 4.69) is 20.1 Å². The molecule has 0 radical (unpaired) electrons. The Kier molecular flexibility index (Phi) is 8.48. The zero-order valence-electron chi connectivity index (χ0n) is 15.7. The van der Waals surface area contributed by atoms with Crippen LogP contribution < -0.4 is 0 Å². The number of allylic oxidation sites excluding steroid dienone is 2. The molecule has 0 aromatic rings. The van der Waals surface area contributed by atoms with Crippen LogP contribution >= 0.6 is 0 Å². The lowest BCUT2D eigenvalue weighted by Gasteiger charge is -2.38. The highest BCUT2D eigenvalue weighted by molar-refractivity contribution is 5.10. The van der Waals surface area contributed by atoms with Crippen LogP contribution in [-0.2, 0) is 0 Å². The van der Waals surface area contributed by atoms with Crippen molar-refractivity contribution >= 4 is 0 Å². The Balaban J connectivity index is 1.61. The normalized spacial score (nSPS) is 31.7. The topological polar surface area (TPSA) is 0 Å². The van der Waals surface area contributed by atoms with Crippen LogP contribution in [0.1, 0.15) is 96.8 Å². The van der Waals surface area contributed by atoms with Crippen molar-refractivity contribution in [2.45, 2.75) is 96.8 Å². The summed E-state index contributed by atoms with van der Waals surface area (Å²) < 4.78 is 0. The molecule has 132 valence electrons. The molecular formula is C23H40. The molecule has 0 heterocycles. The van der Waals surface area contributed by atoms with E-state index in [1.165, 1.54) is 82.6 Å². The number of unbranched alkanes of at least 4 members (excludes halogenated alkanes) is 2. The van der Waals surface area contributed by atoms with Crippen LogP contribution in [0, 0.1) is 23.7 Å². The van der Waals surface area contributed by atoms with Gasteiger partial charge in [0, 0.05) is 0 Å². The summed E-state index contributed by atoms with van der Waals surface area (Å²) in [5, 5.41) is 0. The predicted octanol–water partition coefficient (Wildman–Crippen LogP) is 7.70. The summed E-state index contributed by atoms with van der Waals surface area (Å²) in [6.07, 6.45) is 22.4. The fourth-order valence-electron chi connectivity index (χ4n) is 5.07. The lowest BCUT2D eigenvalue weighted by molar-refractivity contribution is 0.140. The molecule has 0 heteroatoms. The maximum absolute atomic E-state index is 4.06. The van der Waals surface area contributed by atoms with Gasteiger partial charge in [0.05, 0.1) is 0 Å². The molecular weight excluding hydrogens is 276 g/mol. The minimum atomic E-state index is 0.966.